The topological polar surface area (TPSA) is 0 Å². The zero-order valence-electron chi connectivity index (χ0n) is 23.2. The van der Waals surface area contributed by atoms with Crippen molar-refractivity contribution in [2.45, 2.75) is 43.2 Å². The fourth-order valence-corrected chi connectivity index (χ4v) is 32.4. The zero-order chi connectivity index (χ0) is 26.5. The zero-order valence-corrected chi connectivity index (χ0v) is 27.0. The predicted molar refractivity (Wildman–Crippen MR) is 166 cm³/mol. The van der Waals surface area contributed by atoms with E-state index in [9.17, 15) is 0 Å². The van der Waals surface area contributed by atoms with E-state index in [-0.39, 0.29) is 0 Å². The van der Waals surface area contributed by atoms with Gasteiger partial charge in [-0.2, -0.15) is 0 Å². The van der Waals surface area contributed by atoms with E-state index < -0.39 is 17.4 Å². The van der Waals surface area contributed by atoms with Crippen LogP contribution in [0.25, 0.3) is 34.4 Å². The summed E-state index contributed by atoms with van der Waals surface area (Å²) in [6, 6.07) is 36.1. The number of fused-ring (bicyclic) bond motifs is 2. The van der Waals surface area contributed by atoms with Crippen LogP contribution < -0.4 is 0 Å². The molecule has 4 aromatic rings. The third kappa shape index (κ3) is 3.71. The second kappa shape index (κ2) is 9.58. The molecule has 0 N–H and O–H groups in total. The summed E-state index contributed by atoms with van der Waals surface area (Å²) in [5.41, 5.74) is 14.7. The van der Waals surface area contributed by atoms with Gasteiger partial charge in [0.1, 0.15) is 0 Å². The number of hydrogen-bond donors (Lipinski definition) is 0. The summed E-state index contributed by atoms with van der Waals surface area (Å²) in [6.45, 7) is 12.4. The summed E-state index contributed by atoms with van der Waals surface area (Å²) in [7, 11) is 0. The molecule has 0 fully saturated rings. The van der Waals surface area contributed by atoms with E-state index in [0.717, 1.165) is 0 Å². The molecular formula is C36H38SiZr. The van der Waals surface area contributed by atoms with E-state index in [1.165, 1.54) is 41.6 Å². The van der Waals surface area contributed by atoms with E-state index in [1.54, 1.807) is 22.3 Å². The van der Waals surface area contributed by atoms with Crippen molar-refractivity contribution in [2.24, 2.45) is 0 Å². The molecule has 0 saturated heterocycles. The molecule has 0 saturated carbocycles. The summed E-state index contributed by atoms with van der Waals surface area (Å²) in [5.74, 6) is 0. The van der Waals surface area contributed by atoms with Gasteiger partial charge >= 0.3 is 232 Å². The first kappa shape index (κ1) is 25.7. The summed E-state index contributed by atoms with van der Waals surface area (Å²) < 4.78 is 3.80. The van der Waals surface area contributed by atoms with Crippen LogP contribution in [-0.4, -0.2) is 6.88 Å². The average molecular weight is 590 g/mol. The van der Waals surface area contributed by atoms with Gasteiger partial charge in [0.05, 0.1) is 0 Å². The Morgan fingerprint density at radius 3 is 1.32 bits per heavy atom. The van der Waals surface area contributed by atoms with Gasteiger partial charge in [-0.3, -0.25) is 0 Å². The first-order valence-electron chi connectivity index (χ1n) is 14.2. The molecule has 2 heteroatoms. The molecule has 4 aromatic carbocycles. The molecule has 0 spiro atoms. The Bertz CT molecular complexity index is 1530. The van der Waals surface area contributed by atoms with Gasteiger partial charge in [-0.15, -0.1) is 0 Å². The first-order valence-corrected chi connectivity index (χ1v) is 26.4. The Morgan fingerprint density at radius 2 is 0.947 bits per heavy atom. The average Bonchev–Trinajstić information content (AvgIpc) is 3.50. The molecule has 6 rings (SSSR count). The molecule has 190 valence electrons. The summed E-state index contributed by atoms with van der Waals surface area (Å²) in [6.07, 6.45) is 5.09. The third-order valence-electron chi connectivity index (χ3n) is 10.1. The van der Waals surface area contributed by atoms with Gasteiger partial charge in [0.15, 0.2) is 0 Å². The van der Waals surface area contributed by atoms with Crippen LogP contribution in [-0.2, 0) is 17.4 Å². The van der Waals surface area contributed by atoms with E-state index in [4.69, 9.17) is 0 Å². The Hall–Kier alpha value is -2.54. The van der Waals surface area contributed by atoms with E-state index in [0.29, 0.717) is 7.25 Å². The number of hydrogen-bond acceptors (Lipinski definition) is 0. The summed E-state index contributed by atoms with van der Waals surface area (Å²) in [4.78, 5) is 0. The van der Waals surface area contributed by atoms with Crippen LogP contribution in [0.4, 0.5) is 0 Å². The van der Waals surface area contributed by atoms with Crippen molar-refractivity contribution in [1.29, 1.82) is 0 Å². The van der Waals surface area contributed by atoms with Crippen LogP contribution in [0, 0.1) is 0 Å². The number of benzene rings is 4. The SMILES string of the molecule is C[CH2][Zr](=[SiH2])([CH2]C)([CH]1C(C)=Cc2c(-c3ccccc3)cccc21)[CH]1C(C)=Cc2c(-c3ccccc3)cccc21. The minimum atomic E-state index is -3.60. The van der Waals surface area contributed by atoms with E-state index in [1.807, 2.05) is 0 Å². The van der Waals surface area contributed by atoms with E-state index >= 15 is 0 Å². The maximum atomic E-state index is 2.55. The van der Waals surface area contributed by atoms with Crippen molar-refractivity contribution >= 4 is 19.0 Å². The van der Waals surface area contributed by atoms with Crippen molar-refractivity contribution in [3.63, 3.8) is 0 Å². The molecule has 0 aliphatic heterocycles. The second-order valence-corrected chi connectivity index (χ2v) is 39.4. The first-order chi connectivity index (χ1) is 18.4. The van der Waals surface area contributed by atoms with E-state index in [2.05, 4.69) is 144 Å². The normalized spacial score (nSPS) is 18.6. The van der Waals surface area contributed by atoms with Gasteiger partial charge in [-0.05, 0) is 0 Å². The van der Waals surface area contributed by atoms with Crippen molar-refractivity contribution < 1.29 is 17.4 Å². The van der Waals surface area contributed by atoms with Gasteiger partial charge in [-0.1, -0.05) is 0 Å². The molecule has 2 aliphatic rings. The number of rotatable bonds is 6. The minimum absolute atomic E-state index is 0.572. The van der Waals surface area contributed by atoms with Crippen LogP contribution in [0.15, 0.2) is 108 Å². The molecule has 2 unspecified atom stereocenters. The molecule has 0 radical (unpaired) electrons. The Morgan fingerprint density at radius 1 is 0.553 bits per heavy atom. The molecule has 0 nitrogen and oxygen atoms in total. The summed E-state index contributed by atoms with van der Waals surface area (Å²) in [5, 5.41) is 0. The third-order valence-corrected chi connectivity index (χ3v) is 41.2. The molecule has 0 bridgehead atoms. The molecule has 2 aliphatic carbocycles. The second-order valence-electron chi connectivity index (χ2n) is 11.8. The standard InChI is InChI=1S/2C16H13.2C2H5.H2Si.Zr/c2*1-12-10-14-8-5-9-15(16(14)11-12)13-6-3-2-4-7-13;2*1-2;;/h2*2-11H,1H3;2*1H2,2H3;1H2;. The summed E-state index contributed by atoms with van der Waals surface area (Å²) >= 11 is -3.60. The van der Waals surface area contributed by atoms with Crippen LogP contribution in [0.5, 0.6) is 0 Å². The predicted octanol–water partition coefficient (Wildman–Crippen LogP) is 9.75. The van der Waals surface area contributed by atoms with Gasteiger partial charge in [0.2, 0.25) is 0 Å². The molecule has 38 heavy (non-hydrogen) atoms. The van der Waals surface area contributed by atoms with Crippen LogP contribution >= 0.6 is 0 Å². The van der Waals surface area contributed by atoms with Gasteiger partial charge in [-0.25, -0.2) is 0 Å². The van der Waals surface area contributed by atoms with Gasteiger partial charge < -0.3 is 0 Å². The van der Waals surface area contributed by atoms with Gasteiger partial charge in [0, 0.05) is 0 Å². The molecule has 2 atom stereocenters. The number of allylic oxidation sites excluding steroid dienone is 2. The Labute approximate surface area is 231 Å². The van der Waals surface area contributed by atoms with Crippen LogP contribution in [0.2, 0.25) is 8.26 Å². The maximum absolute atomic E-state index is 3.60. The monoisotopic (exact) mass is 588 g/mol. The Kier molecular flexibility index (Phi) is 6.48. The quantitative estimate of drug-likeness (QED) is 0.196. The Balaban J connectivity index is 1.56. The van der Waals surface area contributed by atoms with Gasteiger partial charge in [0.25, 0.3) is 0 Å². The fourth-order valence-electron chi connectivity index (χ4n) is 8.14. The fraction of sp³-hybridized carbons (Fsp3) is 0.222. The molecule has 0 amide bonds. The molecule has 0 heterocycles. The van der Waals surface area contributed by atoms with Crippen molar-refractivity contribution in [3.8, 4) is 22.3 Å². The van der Waals surface area contributed by atoms with Crippen LogP contribution in [0.3, 0.4) is 0 Å². The van der Waals surface area contributed by atoms with Crippen molar-refractivity contribution in [3.05, 3.63) is 130 Å². The van der Waals surface area contributed by atoms with Crippen molar-refractivity contribution in [1.82, 2.24) is 0 Å². The van der Waals surface area contributed by atoms with Crippen LogP contribution in [0.1, 0.15) is 57.2 Å². The molecular weight excluding hydrogens is 552 g/mol. The van der Waals surface area contributed by atoms with Crippen molar-refractivity contribution in [2.75, 3.05) is 0 Å². The molecule has 0 aromatic heterocycles.